The smallest absolute Gasteiger partial charge is 0.124 e. The number of hydrogen-bond donors (Lipinski definition) is 1. The standard InChI is InChI=1S/C16H15N3S/c1-11-10-18-8-7-13(11)16-19-15(14(9-17)20-16)12-5-3-2-4-6-12/h2-8,10H,9,17H2,1H3. The number of benzene rings is 1. The Balaban J connectivity index is 2.13. The van der Waals surface area contributed by atoms with Crippen molar-refractivity contribution in [1.82, 2.24) is 9.97 Å². The van der Waals surface area contributed by atoms with Gasteiger partial charge in [0.1, 0.15) is 5.01 Å². The molecule has 20 heavy (non-hydrogen) atoms. The maximum Gasteiger partial charge on any atom is 0.124 e. The first kappa shape index (κ1) is 13.0. The third-order valence-corrected chi connectivity index (χ3v) is 4.29. The van der Waals surface area contributed by atoms with E-state index in [4.69, 9.17) is 10.7 Å². The molecule has 100 valence electrons. The van der Waals surface area contributed by atoms with E-state index in [0.29, 0.717) is 6.54 Å². The van der Waals surface area contributed by atoms with Gasteiger partial charge in [-0.1, -0.05) is 30.3 Å². The highest BCUT2D eigenvalue weighted by atomic mass is 32.1. The lowest BCUT2D eigenvalue weighted by atomic mass is 10.1. The van der Waals surface area contributed by atoms with Gasteiger partial charge in [0, 0.05) is 34.9 Å². The van der Waals surface area contributed by atoms with Gasteiger partial charge in [0.15, 0.2) is 0 Å². The van der Waals surface area contributed by atoms with Crippen LogP contribution in [0.2, 0.25) is 0 Å². The van der Waals surface area contributed by atoms with Crippen molar-refractivity contribution in [2.24, 2.45) is 5.73 Å². The molecule has 0 aliphatic heterocycles. The Morgan fingerprint density at radius 1 is 1.15 bits per heavy atom. The number of rotatable bonds is 3. The molecule has 3 rings (SSSR count). The molecular weight excluding hydrogens is 266 g/mol. The molecule has 2 aromatic heterocycles. The summed E-state index contributed by atoms with van der Waals surface area (Å²) in [5.74, 6) is 0. The highest BCUT2D eigenvalue weighted by Gasteiger charge is 2.14. The first-order valence-corrected chi connectivity index (χ1v) is 7.27. The van der Waals surface area contributed by atoms with Crippen LogP contribution in [0.1, 0.15) is 10.4 Å². The minimum Gasteiger partial charge on any atom is -0.326 e. The zero-order valence-electron chi connectivity index (χ0n) is 11.2. The molecule has 1 aromatic carbocycles. The summed E-state index contributed by atoms with van der Waals surface area (Å²) in [5, 5.41) is 1.00. The average Bonchev–Trinajstić information content (AvgIpc) is 2.92. The number of thiazole rings is 1. The van der Waals surface area contributed by atoms with Crippen LogP contribution in [0.4, 0.5) is 0 Å². The van der Waals surface area contributed by atoms with Crippen LogP contribution in [-0.4, -0.2) is 9.97 Å². The lowest BCUT2D eigenvalue weighted by molar-refractivity contribution is 1.10. The lowest BCUT2D eigenvalue weighted by Gasteiger charge is -2.00. The number of pyridine rings is 1. The minimum atomic E-state index is 0.506. The minimum absolute atomic E-state index is 0.506. The molecule has 0 atom stereocenters. The van der Waals surface area contributed by atoms with Crippen molar-refractivity contribution < 1.29 is 0 Å². The molecular formula is C16H15N3S. The molecule has 0 bridgehead atoms. The van der Waals surface area contributed by atoms with E-state index in [0.717, 1.165) is 32.3 Å². The first-order valence-electron chi connectivity index (χ1n) is 6.46. The molecule has 2 heterocycles. The fourth-order valence-electron chi connectivity index (χ4n) is 2.14. The Morgan fingerprint density at radius 3 is 2.65 bits per heavy atom. The predicted molar refractivity (Wildman–Crippen MR) is 83.4 cm³/mol. The van der Waals surface area contributed by atoms with Crippen molar-refractivity contribution in [1.29, 1.82) is 0 Å². The molecule has 0 amide bonds. The van der Waals surface area contributed by atoms with Gasteiger partial charge < -0.3 is 5.73 Å². The molecule has 0 saturated heterocycles. The fourth-order valence-corrected chi connectivity index (χ4v) is 3.19. The maximum absolute atomic E-state index is 5.88. The van der Waals surface area contributed by atoms with E-state index in [1.165, 1.54) is 0 Å². The van der Waals surface area contributed by atoms with Gasteiger partial charge in [0.25, 0.3) is 0 Å². The molecule has 4 heteroatoms. The molecule has 0 aliphatic rings. The second-order valence-electron chi connectivity index (χ2n) is 4.55. The Labute approximate surface area is 122 Å². The van der Waals surface area contributed by atoms with E-state index < -0.39 is 0 Å². The van der Waals surface area contributed by atoms with Gasteiger partial charge in [0.2, 0.25) is 0 Å². The Kier molecular flexibility index (Phi) is 3.58. The van der Waals surface area contributed by atoms with E-state index in [1.807, 2.05) is 37.4 Å². The van der Waals surface area contributed by atoms with E-state index in [-0.39, 0.29) is 0 Å². The van der Waals surface area contributed by atoms with Gasteiger partial charge in [-0.3, -0.25) is 4.98 Å². The Morgan fingerprint density at radius 2 is 1.95 bits per heavy atom. The van der Waals surface area contributed by atoms with Gasteiger partial charge in [-0.15, -0.1) is 11.3 Å². The van der Waals surface area contributed by atoms with Gasteiger partial charge in [-0.2, -0.15) is 0 Å². The summed E-state index contributed by atoms with van der Waals surface area (Å²) in [7, 11) is 0. The van der Waals surface area contributed by atoms with Gasteiger partial charge in [0.05, 0.1) is 5.69 Å². The largest absolute Gasteiger partial charge is 0.326 e. The second kappa shape index (κ2) is 5.53. The number of aryl methyl sites for hydroxylation is 1. The summed E-state index contributed by atoms with van der Waals surface area (Å²) in [4.78, 5) is 10.0. The van der Waals surface area contributed by atoms with Crippen LogP contribution in [0, 0.1) is 6.92 Å². The van der Waals surface area contributed by atoms with Gasteiger partial charge in [-0.25, -0.2) is 4.98 Å². The molecule has 0 fully saturated rings. The Bertz CT molecular complexity index is 720. The summed E-state index contributed by atoms with van der Waals surface area (Å²) < 4.78 is 0. The number of nitrogens with two attached hydrogens (primary N) is 1. The lowest BCUT2D eigenvalue weighted by Crippen LogP contribution is -1.95. The van der Waals surface area contributed by atoms with Gasteiger partial charge >= 0.3 is 0 Å². The molecule has 0 aliphatic carbocycles. The molecule has 3 aromatic rings. The van der Waals surface area contributed by atoms with Crippen molar-refractivity contribution in [3.8, 4) is 21.8 Å². The van der Waals surface area contributed by atoms with E-state index in [1.54, 1.807) is 17.5 Å². The Hall–Kier alpha value is -2.04. The highest BCUT2D eigenvalue weighted by molar-refractivity contribution is 7.15. The third-order valence-electron chi connectivity index (χ3n) is 3.18. The van der Waals surface area contributed by atoms with E-state index in [9.17, 15) is 0 Å². The normalized spacial score (nSPS) is 10.7. The van der Waals surface area contributed by atoms with Gasteiger partial charge in [-0.05, 0) is 18.6 Å². The van der Waals surface area contributed by atoms with Crippen LogP contribution in [0.5, 0.6) is 0 Å². The molecule has 0 unspecified atom stereocenters. The summed E-state index contributed by atoms with van der Waals surface area (Å²) in [5.41, 5.74) is 10.2. The topological polar surface area (TPSA) is 51.8 Å². The first-order chi connectivity index (χ1) is 9.79. The highest BCUT2D eigenvalue weighted by Crippen LogP contribution is 2.34. The van der Waals surface area contributed by atoms with Crippen LogP contribution < -0.4 is 5.73 Å². The molecule has 2 N–H and O–H groups in total. The predicted octanol–water partition coefficient (Wildman–Crippen LogP) is 3.64. The van der Waals surface area contributed by atoms with E-state index >= 15 is 0 Å². The quantitative estimate of drug-likeness (QED) is 0.797. The summed E-state index contributed by atoms with van der Waals surface area (Å²) >= 11 is 1.66. The van der Waals surface area contributed by atoms with Crippen molar-refractivity contribution in [3.63, 3.8) is 0 Å². The fraction of sp³-hybridized carbons (Fsp3) is 0.125. The van der Waals surface area contributed by atoms with Crippen LogP contribution in [0.3, 0.4) is 0 Å². The molecule has 0 spiro atoms. The molecule has 0 saturated carbocycles. The summed E-state index contributed by atoms with van der Waals surface area (Å²) in [6, 6.07) is 12.2. The number of aromatic nitrogens is 2. The summed E-state index contributed by atoms with van der Waals surface area (Å²) in [6.07, 6.45) is 3.66. The third kappa shape index (κ3) is 2.35. The summed E-state index contributed by atoms with van der Waals surface area (Å²) in [6.45, 7) is 2.56. The van der Waals surface area contributed by atoms with E-state index in [2.05, 4.69) is 17.1 Å². The maximum atomic E-state index is 5.88. The number of hydrogen-bond acceptors (Lipinski definition) is 4. The van der Waals surface area contributed by atoms with Crippen molar-refractivity contribution in [2.75, 3.05) is 0 Å². The van der Waals surface area contributed by atoms with Crippen molar-refractivity contribution in [3.05, 3.63) is 59.2 Å². The van der Waals surface area contributed by atoms with Crippen LogP contribution in [-0.2, 0) is 6.54 Å². The zero-order chi connectivity index (χ0) is 13.9. The van der Waals surface area contributed by atoms with Crippen molar-refractivity contribution in [2.45, 2.75) is 13.5 Å². The monoisotopic (exact) mass is 281 g/mol. The zero-order valence-corrected chi connectivity index (χ0v) is 12.0. The molecule has 0 radical (unpaired) electrons. The molecule has 3 nitrogen and oxygen atoms in total. The SMILES string of the molecule is Cc1cnccc1-c1nc(-c2ccccc2)c(CN)s1. The van der Waals surface area contributed by atoms with Crippen LogP contribution >= 0.6 is 11.3 Å². The van der Waals surface area contributed by atoms with Crippen LogP contribution in [0.15, 0.2) is 48.8 Å². The van der Waals surface area contributed by atoms with Crippen molar-refractivity contribution >= 4 is 11.3 Å². The van der Waals surface area contributed by atoms with Crippen LogP contribution in [0.25, 0.3) is 21.8 Å². The number of nitrogens with zero attached hydrogens (tertiary/aromatic N) is 2. The average molecular weight is 281 g/mol. The second-order valence-corrected chi connectivity index (χ2v) is 5.64.